The van der Waals surface area contributed by atoms with Crippen LogP contribution in [-0.2, 0) is 14.8 Å². The van der Waals surface area contributed by atoms with Crippen molar-refractivity contribution in [2.75, 3.05) is 25.0 Å². The lowest BCUT2D eigenvalue weighted by molar-refractivity contribution is -0.364. The Balaban J connectivity index is 1.96. The molecule has 0 aromatic carbocycles. The van der Waals surface area contributed by atoms with Gasteiger partial charge in [0.25, 0.3) is 11.7 Å². The third kappa shape index (κ3) is 4.90. The van der Waals surface area contributed by atoms with Gasteiger partial charge in [-0.1, -0.05) is 0 Å². The van der Waals surface area contributed by atoms with Gasteiger partial charge in [0, 0.05) is 24.7 Å². The Labute approximate surface area is 137 Å². The number of amides is 1. The number of aromatic amines is 1. The predicted octanol–water partition coefficient (Wildman–Crippen LogP) is 0.612. The average Bonchev–Trinajstić information content (AvgIpc) is 2.98. The summed E-state index contributed by atoms with van der Waals surface area (Å²) in [5, 5.41) is 5.78. The van der Waals surface area contributed by atoms with Crippen LogP contribution < -0.4 is 15.6 Å². The molecule has 2 rings (SSSR count). The summed E-state index contributed by atoms with van der Waals surface area (Å²) in [4.78, 5) is 14.9. The number of carbonyl (C=O) groups is 1. The second-order valence-electron chi connectivity index (χ2n) is 6.70. The largest absolute Gasteiger partial charge is 0.348 e. The molecule has 0 saturated carbocycles. The number of H-pyrrole nitrogens is 1. The van der Waals surface area contributed by atoms with Gasteiger partial charge in [0.1, 0.15) is 11.1 Å². The quantitative estimate of drug-likeness (QED) is 0.821. The van der Waals surface area contributed by atoms with Gasteiger partial charge in [0.05, 0.1) is 0 Å². The number of rotatable bonds is 5. The molecule has 1 aromatic heterocycles. The van der Waals surface area contributed by atoms with Crippen molar-refractivity contribution in [3.05, 3.63) is 18.3 Å². The van der Waals surface area contributed by atoms with E-state index in [9.17, 15) is 13.2 Å². The van der Waals surface area contributed by atoms with Gasteiger partial charge in [-0.05, 0) is 39.7 Å². The number of nitrogens with one attached hydrogen (secondary N) is 3. The van der Waals surface area contributed by atoms with Crippen LogP contribution in [0.4, 0.5) is 5.82 Å². The van der Waals surface area contributed by atoms with Crippen LogP contribution in [0, 0.1) is 0 Å². The summed E-state index contributed by atoms with van der Waals surface area (Å²) in [6.45, 7) is 7.01. The summed E-state index contributed by atoms with van der Waals surface area (Å²) in [6, 6.07) is 3.18. The molecule has 128 valence electrons. The number of aromatic nitrogens is 1. The maximum absolute atomic E-state index is 12.4. The minimum absolute atomic E-state index is 0.117. The molecule has 3 N–H and O–H groups in total. The summed E-state index contributed by atoms with van der Waals surface area (Å²) >= 11 is 0. The van der Waals surface area contributed by atoms with E-state index < -0.39 is 10.0 Å². The van der Waals surface area contributed by atoms with Crippen molar-refractivity contribution in [3.8, 4) is 0 Å². The highest BCUT2D eigenvalue weighted by molar-refractivity contribution is 7.89. The minimum atomic E-state index is -3.42. The van der Waals surface area contributed by atoms with E-state index in [1.165, 1.54) is 10.5 Å². The zero-order valence-corrected chi connectivity index (χ0v) is 14.7. The van der Waals surface area contributed by atoms with Gasteiger partial charge in [0.2, 0.25) is 10.0 Å². The molecule has 0 aliphatic carbocycles. The number of hydrogen-bond acceptors (Lipinski definition) is 4. The van der Waals surface area contributed by atoms with E-state index in [0.29, 0.717) is 18.9 Å². The molecule has 0 unspecified atom stereocenters. The van der Waals surface area contributed by atoms with E-state index in [1.807, 2.05) is 20.8 Å². The number of hydrogen-bond donors (Lipinski definition) is 2. The zero-order chi connectivity index (χ0) is 17.1. The van der Waals surface area contributed by atoms with E-state index in [2.05, 4.69) is 15.6 Å². The van der Waals surface area contributed by atoms with Gasteiger partial charge in [0.15, 0.2) is 6.54 Å². The number of sulfonamides is 1. The van der Waals surface area contributed by atoms with E-state index >= 15 is 0 Å². The molecule has 0 spiro atoms. The molecule has 1 aliphatic rings. The first-order chi connectivity index (χ1) is 10.7. The standard InChI is InChI=1S/C15H24N4O3S/c1-15(2,3)18-14(20)11-17-13-7-6-12(10-16-13)23(21,22)19-8-4-5-9-19/h6-7,10H,4-5,8-9,11H2,1-3H3,(H,16,17)(H,18,20)/p+1. The van der Waals surface area contributed by atoms with Crippen molar-refractivity contribution in [3.63, 3.8) is 0 Å². The van der Waals surface area contributed by atoms with Crippen LogP contribution in [0.2, 0.25) is 0 Å². The first-order valence-corrected chi connectivity index (χ1v) is 9.19. The van der Waals surface area contributed by atoms with E-state index in [0.717, 1.165) is 12.8 Å². The zero-order valence-electron chi connectivity index (χ0n) is 13.8. The van der Waals surface area contributed by atoms with Gasteiger partial charge in [-0.2, -0.15) is 4.31 Å². The third-order valence-corrected chi connectivity index (χ3v) is 5.34. The molecule has 1 saturated heterocycles. The summed E-state index contributed by atoms with van der Waals surface area (Å²) in [5.41, 5.74) is -0.282. The average molecular weight is 341 g/mol. The molecule has 7 nitrogen and oxygen atoms in total. The van der Waals surface area contributed by atoms with Crippen LogP contribution in [0.1, 0.15) is 33.6 Å². The fraction of sp³-hybridized carbons (Fsp3) is 0.600. The fourth-order valence-electron chi connectivity index (χ4n) is 2.40. The van der Waals surface area contributed by atoms with Gasteiger partial charge >= 0.3 is 0 Å². The van der Waals surface area contributed by atoms with E-state index in [4.69, 9.17) is 0 Å². The molecule has 0 atom stereocenters. The number of carbonyl (C=O) groups excluding carboxylic acids is 1. The Hall–Kier alpha value is -1.67. The molecular weight excluding hydrogens is 316 g/mol. The lowest BCUT2D eigenvalue weighted by atomic mass is 10.1. The number of pyridine rings is 1. The SMILES string of the molecule is CC(C)(C)NC(=O)CNc1ccc(S(=O)(=O)N2CCCC2)c[nH+]1. The van der Waals surface area contributed by atoms with E-state index in [1.54, 1.807) is 12.1 Å². The predicted molar refractivity (Wildman–Crippen MR) is 87.4 cm³/mol. The van der Waals surface area contributed by atoms with Gasteiger partial charge in [-0.3, -0.25) is 10.1 Å². The third-order valence-electron chi connectivity index (χ3n) is 3.44. The smallest absolute Gasteiger partial charge is 0.272 e. The normalized spacial score (nSPS) is 16.3. The summed E-state index contributed by atoms with van der Waals surface area (Å²) in [7, 11) is -3.42. The Morgan fingerprint density at radius 3 is 2.43 bits per heavy atom. The molecule has 2 heterocycles. The van der Waals surface area contributed by atoms with Gasteiger partial charge in [-0.25, -0.2) is 13.4 Å². The molecule has 1 fully saturated rings. The van der Waals surface area contributed by atoms with E-state index in [-0.39, 0.29) is 22.9 Å². The Bertz CT molecular complexity index is 644. The maximum Gasteiger partial charge on any atom is 0.272 e. The van der Waals surface area contributed by atoms with Crippen LogP contribution >= 0.6 is 0 Å². The number of anilines is 1. The first kappa shape index (κ1) is 17.7. The van der Waals surface area contributed by atoms with Crippen molar-refractivity contribution in [1.29, 1.82) is 0 Å². The molecule has 8 heteroatoms. The van der Waals surface area contributed by atoms with Crippen LogP contribution in [0.3, 0.4) is 0 Å². The Morgan fingerprint density at radius 2 is 1.91 bits per heavy atom. The molecule has 0 bridgehead atoms. The van der Waals surface area contributed by atoms with Crippen LogP contribution in [0.15, 0.2) is 23.2 Å². The highest BCUT2D eigenvalue weighted by Gasteiger charge is 2.28. The second-order valence-corrected chi connectivity index (χ2v) is 8.64. The van der Waals surface area contributed by atoms with Crippen molar-refractivity contribution in [2.24, 2.45) is 0 Å². The first-order valence-electron chi connectivity index (χ1n) is 7.75. The van der Waals surface area contributed by atoms with Gasteiger partial charge < -0.3 is 5.32 Å². The molecule has 0 radical (unpaired) electrons. The molecule has 23 heavy (non-hydrogen) atoms. The molecule has 1 amide bonds. The Morgan fingerprint density at radius 1 is 1.26 bits per heavy atom. The highest BCUT2D eigenvalue weighted by atomic mass is 32.2. The fourth-order valence-corrected chi connectivity index (χ4v) is 3.88. The molecular formula is C15H25N4O3S+. The molecule has 1 aliphatic heterocycles. The van der Waals surface area contributed by atoms with Crippen molar-refractivity contribution in [2.45, 2.75) is 44.0 Å². The van der Waals surface area contributed by atoms with Crippen LogP contribution in [-0.4, -0.2) is 43.8 Å². The van der Waals surface area contributed by atoms with Gasteiger partial charge in [-0.15, -0.1) is 0 Å². The lowest BCUT2D eigenvalue weighted by Gasteiger charge is -2.19. The van der Waals surface area contributed by atoms with Crippen LogP contribution in [0.5, 0.6) is 0 Å². The monoisotopic (exact) mass is 341 g/mol. The lowest BCUT2D eigenvalue weighted by Crippen LogP contribution is -2.43. The summed E-state index contributed by atoms with van der Waals surface area (Å²) in [5.74, 6) is 0.467. The highest BCUT2D eigenvalue weighted by Crippen LogP contribution is 2.19. The topological polar surface area (TPSA) is 92.7 Å². The maximum atomic E-state index is 12.4. The van der Waals surface area contributed by atoms with Crippen molar-refractivity contribution >= 4 is 21.7 Å². The molecule has 1 aromatic rings. The van der Waals surface area contributed by atoms with Crippen molar-refractivity contribution < 1.29 is 18.2 Å². The van der Waals surface area contributed by atoms with Crippen LogP contribution in [0.25, 0.3) is 0 Å². The summed E-state index contributed by atoms with van der Waals surface area (Å²) < 4.78 is 26.3. The minimum Gasteiger partial charge on any atom is -0.348 e. The second kappa shape index (κ2) is 6.84. The summed E-state index contributed by atoms with van der Waals surface area (Å²) in [6.07, 6.45) is 3.27. The Kier molecular flexibility index (Phi) is 5.26. The van der Waals surface area contributed by atoms with Crippen molar-refractivity contribution in [1.82, 2.24) is 9.62 Å². The number of nitrogens with zero attached hydrogens (tertiary/aromatic N) is 1.